The Balaban J connectivity index is 2.09. The molecule has 2 rings (SSSR count). The molecule has 0 aliphatic carbocycles. The van der Waals surface area contributed by atoms with Crippen molar-refractivity contribution in [2.45, 2.75) is 45.8 Å². The second-order valence-electron chi connectivity index (χ2n) is 5.93. The Hall–Kier alpha value is -1.80. The SMILES string of the molecule is Cc1cc(OC(C)C(N)c2ccccc2)ccc1C(C)C. The number of hydrogen-bond acceptors (Lipinski definition) is 2. The molecule has 0 radical (unpaired) electrons. The fourth-order valence-corrected chi connectivity index (χ4v) is 2.60. The topological polar surface area (TPSA) is 35.2 Å². The lowest BCUT2D eigenvalue weighted by Gasteiger charge is -2.22. The van der Waals surface area contributed by atoms with Gasteiger partial charge in [-0.15, -0.1) is 0 Å². The fraction of sp³-hybridized carbons (Fsp3) is 0.368. The van der Waals surface area contributed by atoms with Crippen molar-refractivity contribution in [3.63, 3.8) is 0 Å². The molecule has 0 amide bonds. The molecule has 0 saturated heterocycles. The van der Waals surface area contributed by atoms with Gasteiger partial charge in [0, 0.05) is 0 Å². The van der Waals surface area contributed by atoms with Crippen LogP contribution in [-0.2, 0) is 0 Å². The van der Waals surface area contributed by atoms with Crippen molar-refractivity contribution in [3.8, 4) is 5.75 Å². The van der Waals surface area contributed by atoms with E-state index in [9.17, 15) is 0 Å². The lowest BCUT2D eigenvalue weighted by molar-refractivity contribution is 0.190. The van der Waals surface area contributed by atoms with Gasteiger partial charge in [-0.1, -0.05) is 50.2 Å². The number of rotatable bonds is 5. The van der Waals surface area contributed by atoms with Gasteiger partial charge in [0.15, 0.2) is 0 Å². The van der Waals surface area contributed by atoms with Crippen molar-refractivity contribution in [3.05, 3.63) is 65.2 Å². The summed E-state index contributed by atoms with van der Waals surface area (Å²) in [4.78, 5) is 0. The van der Waals surface area contributed by atoms with Crippen LogP contribution in [0.3, 0.4) is 0 Å². The van der Waals surface area contributed by atoms with Gasteiger partial charge in [0.25, 0.3) is 0 Å². The Kier molecular flexibility index (Phi) is 5.03. The van der Waals surface area contributed by atoms with E-state index in [0.29, 0.717) is 5.92 Å². The number of hydrogen-bond donors (Lipinski definition) is 1. The quantitative estimate of drug-likeness (QED) is 0.871. The highest BCUT2D eigenvalue weighted by molar-refractivity contribution is 5.36. The van der Waals surface area contributed by atoms with Crippen LogP contribution in [0.2, 0.25) is 0 Å². The summed E-state index contributed by atoms with van der Waals surface area (Å²) in [5.74, 6) is 1.42. The Morgan fingerprint density at radius 2 is 1.62 bits per heavy atom. The van der Waals surface area contributed by atoms with E-state index >= 15 is 0 Å². The van der Waals surface area contributed by atoms with Crippen molar-refractivity contribution in [1.82, 2.24) is 0 Å². The van der Waals surface area contributed by atoms with Gasteiger partial charge in [-0.3, -0.25) is 0 Å². The number of nitrogens with two attached hydrogens (primary N) is 1. The maximum Gasteiger partial charge on any atom is 0.120 e. The van der Waals surface area contributed by atoms with Crippen molar-refractivity contribution in [2.24, 2.45) is 5.73 Å². The summed E-state index contributed by atoms with van der Waals surface area (Å²) < 4.78 is 6.02. The minimum absolute atomic E-state index is 0.0725. The van der Waals surface area contributed by atoms with Crippen molar-refractivity contribution in [2.75, 3.05) is 0 Å². The molecule has 0 spiro atoms. The molecule has 2 atom stereocenters. The third kappa shape index (κ3) is 3.85. The van der Waals surface area contributed by atoms with Gasteiger partial charge in [0.2, 0.25) is 0 Å². The first-order valence-electron chi connectivity index (χ1n) is 7.56. The lowest BCUT2D eigenvalue weighted by Crippen LogP contribution is -2.28. The summed E-state index contributed by atoms with van der Waals surface area (Å²) in [6, 6.07) is 16.2. The largest absolute Gasteiger partial charge is 0.489 e. The molecule has 2 N–H and O–H groups in total. The van der Waals surface area contributed by atoms with Crippen LogP contribution in [-0.4, -0.2) is 6.10 Å². The monoisotopic (exact) mass is 283 g/mol. The molecule has 0 aliphatic heterocycles. The van der Waals surface area contributed by atoms with E-state index in [1.54, 1.807) is 0 Å². The molecule has 2 aromatic carbocycles. The minimum Gasteiger partial charge on any atom is -0.489 e. The highest BCUT2D eigenvalue weighted by Crippen LogP contribution is 2.25. The molecule has 0 aromatic heterocycles. The fourth-order valence-electron chi connectivity index (χ4n) is 2.60. The molecule has 2 unspecified atom stereocenters. The molecule has 0 bridgehead atoms. The van der Waals surface area contributed by atoms with Crippen molar-refractivity contribution < 1.29 is 4.74 Å². The van der Waals surface area contributed by atoms with Gasteiger partial charge in [0.05, 0.1) is 6.04 Å². The number of benzene rings is 2. The van der Waals surface area contributed by atoms with E-state index in [1.807, 2.05) is 43.3 Å². The van der Waals surface area contributed by atoms with Gasteiger partial charge in [-0.2, -0.15) is 0 Å². The molecule has 21 heavy (non-hydrogen) atoms. The molecule has 0 fully saturated rings. The first-order valence-corrected chi connectivity index (χ1v) is 7.56. The second kappa shape index (κ2) is 6.77. The summed E-state index contributed by atoms with van der Waals surface area (Å²) >= 11 is 0. The van der Waals surface area contributed by atoms with E-state index in [4.69, 9.17) is 10.5 Å². The highest BCUT2D eigenvalue weighted by atomic mass is 16.5. The van der Waals surface area contributed by atoms with Gasteiger partial charge in [0.1, 0.15) is 11.9 Å². The van der Waals surface area contributed by atoms with Crippen molar-refractivity contribution >= 4 is 0 Å². The predicted molar refractivity (Wildman–Crippen MR) is 88.7 cm³/mol. The molecule has 112 valence electrons. The predicted octanol–water partition coefficient (Wildman–Crippen LogP) is 4.59. The molecule has 0 saturated carbocycles. The van der Waals surface area contributed by atoms with Crippen LogP contribution < -0.4 is 10.5 Å². The zero-order valence-electron chi connectivity index (χ0n) is 13.3. The van der Waals surface area contributed by atoms with Crippen molar-refractivity contribution in [1.29, 1.82) is 0 Å². The molecule has 2 nitrogen and oxygen atoms in total. The second-order valence-corrected chi connectivity index (χ2v) is 5.93. The van der Waals surface area contributed by atoms with Gasteiger partial charge in [-0.05, 0) is 48.6 Å². The Labute approximate surface area is 127 Å². The van der Waals surface area contributed by atoms with E-state index in [2.05, 4.69) is 32.9 Å². The molecule has 0 aliphatic rings. The van der Waals surface area contributed by atoms with Crippen LogP contribution >= 0.6 is 0 Å². The average Bonchev–Trinajstić information content (AvgIpc) is 2.47. The first kappa shape index (κ1) is 15.6. The zero-order valence-corrected chi connectivity index (χ0v) is 13.3. The third-order valence-corrected chi connectivity index (χ3v) is 3.88. The number of ether oxygens (including phenoxy) is 1. The third-order valence-electron chi connectivity index (χ3n) is 3.88. The normalized spacial score (nSPS) is 14.0. The van der Waals surface area contributed by atoms with Crippen LogP contribution in [0.15, 0.2) is 48.5 Å². The lowest BCUT2D eigenvalue weighted by atomic mass is 9.98. The van der Waals surface area contributed by atoms with Gasteiger partial charge in [-0.25, -0.2) is 0 Å². The van der Waals surface area contributed by atoms with Crippen LogP contribution in [0.25, 0.3) is 0 Å². The first-order chi connectivity index (χ1) is 9.99. The standard InChI is InChI=1S/C19H25NO/c1-13(2)18-11-10-17(12-14(18)3)21-15(4)19(20)16-8-6-5-7-9-16/h5-13,15,19H,20H2,1-4H3. The molecule has 2 aromatic rings. The molecule has 0 heterocycles. The average molecular weight is 283 g/mol. The summed E-state index contributed by atoms with van der Waals surface area (Å²) in [7, 11) is 0. The summed E-state index contributed by atoms with van der Waals surface area (Å²) in [5.41, 5.74) is 10.0. The van der Waals surface area contributed by atoms with Crippen LogP contribution in [0, 0.1) is 6.92 Å². The van der Waals surface area contributed by atoms with Crippen LogP contribution in [0.4, 0.5) is 0 Å². The van der Waals surface area contributed by atoms with E-state index in [1.165, 1.54) is 11.1 Å². The Morgan fingerprint density at radius 1 is 0.952 bits per heavy atom. The van der Waals surface area contributed by atoms with Crippen LogP contribution in [0.5, 0.6) is 5.75 Å². The molecule has 2 heteroatoms. The molecular weight excluding hydrogens is 258 g/mol. The smallest absolute Gasteiger partial charge is 0.120 e. The summed E-state index contributed by atoms with van der Waals surface area (Å²) in [6.07, 6.45) is -0.0725. The zero-order chi connectivity index (χ0) is 15.4. The maximum absolute atomic E-state index is 6.28. The van der Waals surface area contributed by atoms with Gasteiger partial charge >= 0.3 is 0 Å². The summed E-state index contributed by atoms with van der Waals surface area (Å²) in [6.45, 7) is 8.56. The van der Waals surface area contributed by atoms with E-state index in [-0.39, 0.29) is 12.1 Å². The van der Waals surface area contributed by atoms with Crippen LogP contribution in [0.1, 0.15) is 49.4 Å². The Bertz CT molecular complexity index is 577. The van der Waals surface area contributed by atoms with E-state index < -0.39 is 0 Å². The van der Waals surface area contributed by atoms with E-state index in [0.717, 1.165) is 11.3 Å². The number of aryl methyl sites for hydroxylation is 1. The Morgan fingerprint density at radius 3 is 2.19 bits per heavy atom. The highest BCUT2D eigenvalue weighted by Gasteiger charge is 2.16. The minimum atomic E-state index is -0.128. The summed E-state index contributed by atoms with van der Waals surface area (Å²) in [5, 5.41) is 0. The maximum atomic E-state index is 6.28. The van der Waals surface area contributed by atoms with Gasteiger partial charge < -0.3 is 10.5 Å². The molecular formula is C19H25NO.